The summed E-state index contributed by atoms with van der Waals surface area (Å²) >= 11 is 0. The summed E-state index contributed by atoms with van der Waals surface area (Å²) < 4.78 is 0. The van der Waals surface area contributed by atoms with Crippen LogP contribution in [0.15, 0.2) is 0 Å². The Morgan fingerprint density at radius 2 is 2.00 bits per heavy atom. The Kier molecular flexibility index (Phi) is 2.19. The van der Waals surface area contributed by atoms with Crippen LogP contribution in [0.3, 0.4) is 0 Å². The third kappa shape index (κ3) is 1.28. The number of fused-ring (bicyclic) bond motifs is 4. The van der Waals surface area contributed by atoms with Gasteiger partial charge in [-0.25, -0.2) is 0 Å². The Morgan fingerprint density at radius 1 is 1.19 bits per heavy atom. The van der Waals surface area contributed by atoms with E-state index in [1.165, 1.54) is 0 Å². The highest BCUT2D eigenvalue weighted by molar-refractivity contribution is 5.88. The fourth-order valence-electron chi connectivity index (χ4n) is 3.57. The highest BCUT2D eigenvalue weighted by Gasteiger charge is 2.49. The number of rotatable bonds is 0. The van der Waals surface area contributed by atoms with Gasteiger partial charge >= 0.3 is 0 Å². The van der Waals surface area contributed by atoms with E-state index < -0.39 is 0 Å². The Balaban J connectivity index is 1.92. The maximum absolute atomic E-state index is 12.2. The number of likely N-dealkylation sites (tertiary alicyclic amines) is 1. The minimum atomic E-state index is 0.0713. The lowest BCUT2D eigenvalue weighted by atomic mass is 9.75. The van der Waals surface area contributed by atoms with Gasteiger partial charge in [-0.2, -0.15) is 0 Å². The molecule has 3 atom stereocenters. The van der Waals surface area contributed by atoms with E-state index in [2.05, 4.69) is 0 Å². The molecule has 4 nitrogen and oxygen atoms in total. The second-order valence-electron chi connectivity index (χ2n) is 5.35. The van der Waals surface area contributed by atoms with Crippen LogP contribution in [0.25, 0.3) is 0 Å². The van der Waals surface area contributed by atoms with Crippen molar-refractivity contribution in [3.63, 3.8) is 0 Å². The fraction of sp³-hybridized carbons (Fsp3) is 0.833. The molecule has 0 aromatic rings. The van der Waals surface area contributed by atoms with E-state index in [-0.39, 0.29) is 23.8 Å². The van der Waals surface area contributed by atoms with Gasteiger partial charge in [-0.05, 0) is 25.7 Å². The molecular formula is C12H18N2O2. The molecule has 3 aliphatic rings. The van der Waals surface area contributed by atoms with Crippen molar-refractivity contribution >= 4 is 11.8 Å². The van der Waals surface area contributed by atoms with Crippen molar-refractivity contribution in [2.24, 2.45) is 11.8 Å². The molecule has 0 radical (unpaired) electrons. The molecular weight excluding hydrogens is 204 g/mol. The van der Waals surface area contributed by atoms with E-state index in [1.807, 2.05) is 11.9 Å². The molecule has 0 N–H and O–H groups in total. The van der Waals surface area contributed by atoms with Gasteiger partial charge in [0.1, 0.15) is 0 Å². The normalized spacial score (nSPS) is 38.7. The fourth-order valence-corrected chi connectivity index (χ4v) is 3.57. The minimum Gasteiger partial charge on any atom is -0.345 e. The largest absolute Gasteiger partial charge is 0.345 e. The number of nitrogens with zero attached hydrogens (tertiary/aromatic N) is 2. The van der Waals surface area contributed by atoms with Crippen molar-refractivity contribution in [1.82, 2.24) is 9.80 Å². The van der Waals surface area contributed by atoms with Crippen LogP contribution < -0.4 is 0 Å². The number of hydrogen-bond acceptors (Lipinski definition) is 2. The second-order valence-corrected chi connectivity index (χ2v) is 5.35. The average Bonchev–Trinajstić information content (AvgIpc) is 2.31. The summed E-state index contributed by atoms with van der Waals surface area (Å²) in [5, 5.41) is 0. The third-order valence-electron chi connectivity index (χ3n) is 4.37. The van der Waals surface area contributed by atoms with Crippen LogP contribution in [0.1, 0.15) is 25.7 Å². The molecule has 4 heteroatoms. The quantitative estimate of drug-likeness (QED) is 0.598. The van der Waals surface area contributed by atoms with Gasteiger partial charge in [0.15, 0.2) is 0 Å². The number of hydrogen-bond donors (Lipinski definition) is 0. The Morgan fingerprint density at radius 3 is 2.81 bits per heavy atom. The molecule has 0 aromatic carbocycles. The van der Waals surface area contributed by atoms with Crippen LogP contribution >= 0.6 is 0 Å². The summed E-state index contributed by atoms with van der Waals surface area (Å²) in [5.74, 6) is 0.699. The predicted octanol–water partition coefficient (Wildman–Crippen LogP) is 0.476. The SMILES string of the molecule is CN1CC2C[C@H](C1=O)[C@H]1CCCCN1C2=O. The van der Waals surface area contributed by atoms with Crippen LogP contribution in [-0.2, 0) is 9.59 Å². The first-order chi connectivity index (χ1) is 7.68. The van der Waals surface area contributed by atoms with E-state index >= 15 is 0 Å². The van der Waals surface area contributed by atoms with Crippen LogP contribution in [0, 0.1) is 11.8 Å². The first-order valence-electron chi connectivity index (χ1n) is 6.24. The van der Waals surface area contributed by atoms with Gasteiger partial charge in [0.05, 0.1) is 11.8 Å². The van der Waals surface area contributed by atoms with Crippen molar-refractivity contribution in [2.75, 3.05) is 20.1 Å². The lowest BCUT2D eigenvalue weighted by molar-refractivity contribution is -0.161. The lowest BCUT2D eigenvalue weighted by Crippen LogP contribution is -2.63. The second kappa shape index (κ2) is 3.47. The molecule has 16 heavy (non-hydrogen) atoms. The Bertz CT molecular complexity index is 342. The van der Waals surface area contributed by atoms with E-state index in [9.17, 15) is 9.59 Å². The molecule has 2 bridgehead atoms. The molecule has 0 aliphatic carbocycles. The smallest absolute Gasteiger partial charge is 0.227 e. The summed E-state index contributed by atoms with van der Waals surface area (Å²) in [6, 6.07) is 0.202. The van der Waals surface area contributed by atoms with E-state index in [4.69, 9.17) is 0 Å². The Hall–Kier alpha value is -1.06. The van der Waals surface area contributed by atoms with Crippen molar-refractivity contribution in [3.05, 3.63) is 0 Å². The highest BCUT2D eigenvalue weighted by atomic mass is 16.2. The summed E-state index contributed by atoms with van der Waals surface area (Å²) in [7, 11) is 1.83. The van der Waals surface area contributed by atoms with E-state index in [1.54, 1.807) is 4.90 Å². The molecule has 1 unspecified atom stereocenters. The number of carbonyl (C=O) groups excluding carboxylic acids is 2. The van der Waals surface area contributed by atoms with Crippen LogP contribution in [-0.4, -0.2) is 47.8 Å². The minimum absolute atomic E-state index is 0.0713. The lowest BCUT2D eigenvalue weighted by Gasteiger charge is -2.50. The topological polar surface area (TPSA) is 40.6 Å². The Labute approximate surface area is 95.6 Å². The first kappa shape index (κ1) is 10.1. The van der Waals surface area contributed by atoms with Gasteiger partial charge in [0.2, 0.25) is 11.8 Å². The van der Waals surface area contributed by atoms with Crippen LogP contribution in [0.4, 0.5) is 0 Å². The molecule has 3 heterocycles. The molecule has 3 saturated heterocycles. The first-order valence-corrected chi connectivity index (χ1v) is 6.24. The zero-order chi connectivity index (χ0) is 11.3. The van der Waals surface area contributed by atoms with Gasteiger partial charge in [-0.15, -0.1) is 0 Å². The zero-order valence-electron chi connectivity index (χ0n) is 9.69. The van der Waals surface area contributed by atoms with Gasteiger partial charge in [0.25, 0.3) is 0 Å². The van der Waals surface area contributed by atoms with E-state index in [0.717, 1.165) is 32.2 Å². The van der Waals surface area contributed by atoms with Crippen LogP contribution in [0.5, 0.6) is 0 Å². The maximum atomic E-state index is 12.2. The standard InChI is InChI=1S/C12H18N2O2/c1-13-7-8-6-9(12(13)16)10-4-2-3-5-14(10)11(8)15/h8-10H,2-7H2,1H3/t8?,9-,10+/m0/s1. The van der Waals surface area contributed by atoms with Crippen molar-refractivity contribution in [2.45, 2.75) is 31.7 Å². The molecule has 0 spiro atoms. The molecule has 0 aromatic heterocycles. The van der Waals surface area contributed by atoms with Gasteiger partial charge in [-0.3, -0.25) is 9.59 Å². The summed E-state index contributed by atoms with van der Waals surface area (Å²) in [6.07, 6.45) is 4.07. The molecule has 88 valence electrons. The number of piperidine rings is 3. The molecule has 3 rings (SSSR count). The van der Waals surface area contributed by atoms with Crippen molar-refractivity contribution < 1.29 is 9.59 Å². The summed E-state index contributed by atoms with van der Waals surface area (Å²) in [6.45, 7) is 1.49. The molecule has 3 fully saturated rings. The monoisotopic (exact) mass is 222 g/mol. The van der Waals surface area contributed by atoms with E-state index in [0.29, 0.717) is 12.5 Å². The zero-order valence-corrected chi connectivity index (χ0v) is 9.69. The summed E-state index contributed by atoms with van der Waals surface area (Å²) in [5.41, 5.74) is 0. The van der Waals surface area contributed by atoms with Crippen molar-refractivity contribution in [3.8, 4) is 0 Å². The van der Waals surface area contributed by atoms with Gasteiger partial charge in [-0.1, -0.05) is 0 Å². The molecule has 0 saturated carbocycles. The van der Waals surface area contributed by atoms with Crippen molar-refractivity contribution in [1.29, 1.82) is 0 Å². The maximum Gasteiger partial charge on any atom is 0.227 e. The predicted molar refractivity (Wildman–Crippen MR) is 58.6 cm³/mol. The van der Waals surface area contributed by atoms with Gasteiger partial charge < -0.3 is 9.80 Å². The summed E-state index contributed by atoms with van der Waals surface area (Å²) in [4.78, 5) is 28.0. The third-order valence-corrected chi connectivity index (χ3v) is 4.37. The van der Waals surface area contributed by atoms with Crippen LogP contribution in [0.2, 0.25) is 0 Å². The highest BCUT2D eigenvalue weighted by Crippen LogP contribution is 2.38. The number of carbonyl (C=O) groups is 2. The average molecular weight is 222 g/mol. The number of amides is 2. The molecule has 2 amide bonds. The van der Waals surface area contributed by atoms with Gasteiger partial charge in [0, 0.05) is 26.2 Å². The molecule has 3 aliphatic heterocycles.